The number of aromatic nitrogens is 4. The largest absolute Gasteiger partial charge is 0.269 e. The van der Waals surface area contributed by atoms with E-state index in [1.807, 2.05) is 37.3 Å². The Morgan fingerprint density at radius 1 is 1.21 bits per heavy atom. The van der Waals surface area contributed by atoms with Crippen LogP contribution in [0.4, 0.5) is 5.69 Å². The molecular formula is C19H14N6O2S2. The molecule has 0 aliphatic rings. The predicted molar refractivity (Wildman–Crippen MR) is 115 cm³/mol. The Kier molecular flexibility index (Phi) is 5.10. The standard InChI is InChI=1S/C19H14N6O2S2/c1-12-16(29-18(21-12)14-5-3-2-4-6-14)17-22-23-19(28)24(17)20-11-13-7-9-15(10-8-13)25(26)27/h2-11H,1H3,(H,23,28)/b20-11-. The first-order valence-electron chi connectivity index (χ1n) is 8.52. The van der Waals surface area contributed by atoms with Gasteiger partial charge in [0, 0.05) is 17.7 Å². The zero-order valence-corrected chi connectivity index (χ0v) is 16.8. The molecule has 0 spiro atoms. The van der Waals surface area contributed by atoms with Gasteiger partial charge in [0.15, 0.2) is 5.82 Å². The minimum absolute atomic E-state index is 0.0245. The lowest BCUT2D eigenvalue weighted by atomic mass is 10.2. The fourth-order valence-corrected chi connectivity index (χ4v) is 3.89. The van der Waals surface area contributed by atoms with Gasteiger partial charge in [-0.15, -0.1) is 11.3 Å². The van der Waals surface area contributed by atoms with Crippen LogP contribution in [0.5, 0.6) is 0 Å². The molecule has 0 atom stereocenters. The van der Waals surface area contributed by atoms with Gasteiger partial charge in [0.05, 0.1) is 21.7 Å². The first-order chi connectivity index (χ1) is 14.0. The predicted octanol–water partition coefficient (Wildman–Crippen LogP) is 4.83. The number of non-ortho nitro benzene ring substituents is 1. The SMILES string of the molecule is Cc1nc(-c2ccccc2)sc1-c1n[nH]c(=S)n1/N=C\c1ccc([N+](=O)[O-])cc1. The Labute approximate surface area is 174 Å². The lowest BCUT2D eigenvalue weighted by Gasteiger charge is -1.99. The highest BCUT2D eigenvalue weighted by atomic mass is 32.1. The number of aryl methyl sites for hydroxylation is 1. The second-order valence-corrected chi connectivity index (χ2v) is 7.44. The Bertz CT molecular complexity index is 1260. The van der Waals surface area contributed by atoms with E-state index in [4.69, 9.17) is 12.2 Å². The summed E-state index contributed by atoms with van der Waals surface area (Å²) in [5.74, 6) is 0.561. The molecule has 0 saturated heterocycles. The van der Waals surface area contributed by atoms with Gasteiger partial charge in [0.1, 0.15) is 5.01 Å². The van der Waals surface area contributed by atoms with E-state index >= 15 is 0 Å². The normalized spacial score (nSPS) is 11.2. The van der Waals surface area contributed by atoms with Crippen LogP contribution in [-0.2, 0) is 0 Å². The van der Waals surface area contributed by atoms with Crippen LogP contribution in [0, 0.1) is 21.8 Å². The average molecular weight is 422 g/mol. The van der Waals surface area contributed by atoms with Gasteiger partial charge in [-0.2, -0.15) is 14.9 Å². The van der Waals surface area contributed by atoms with Crippen LogP contribution >= 0.6 is 23.6 Å². The summed E-state index contributed by atoms with van der Waals surface area (Å²) in [6, 6.07) is 16.0. The summed E-state index contributed by atoms with van der Waals surface area (Å²) < 4.78 is 1.86. The molecule has 0 saturated carbocycles. The van der Waals surface area contributed by atoms with Gasteiger partial charge in [0.25, 0.3) is 5.69 Å². The van der Waals surface area contributed by atoms with Crippen LogP contribution in [0.25, 0.3) is 21.3 Å². The fourth-order valence-electron chi connectivity index (χ4n) is 2.66. The molecule has 10 heteroatoms. The molecule has 8 nitrogen and oxygen atoms in total. The zero-order valence-electron chi connectivity index (χ0n) is 15.1. The third-order valence-corrected chi connectivity index (χ3v) is 5.56. The molecule has 0 aliphatic carbocycles. The molecule has 2 aromatic heterocycles. The van der Waals surface area contributed by atoms with Gasteiger partial charge < -0.3 is 0 Å². The smallest absolute Gasteiger partial charge is 0.258 e. The Balaban J connectivity index is 1.69. The van der Waals surface area contributed by atoms with E-state index in [2.05, 4.69) is 20.3 Å². The van der Waals surface area contributed by atoms with E-state index in [-0.39, 0.29) is 5.69 Å². The van der Waals surface area contributed by atoms with Crippen molar-refractivity contribution in [3.63, 3.8) is 0 Å². The molecule has 0 radical (unpaired) electrons. The lowest BCUT2D eigenvalue weighted by molar-refractivity contribution is -0.384. The summed E-state index contributed by atoms with van der Waals surface area (Å²) in [5, 5.41) is 23.2. The topological polar surface area (TPSA) is 102 Å². The van der Waals surface area contributed by atoms with Crippen LogP contribution in [0.15, 0.2) is 59.7 Å². The van der Waals surface area contributed by atoms with Crippen molar-refractivity contribution in [2.75, 3.05) is 0 Å². The summed E-state index contributed by atoms with van der Waals surface area (Å²) in [6.45, 7) is 1.92. The maximum absolute atomic E-state index is 10.8. The van der Waals surface area contributed by atoms with Gasteiger partial charge in [0.2, 0.25) is 4.77 Å². The molecule has 0 fully saturated rings. The first kappa shape index (κ1) is 18.8. The quantitative estimate of drug-likeness (QED) is 0.215. The summed E-state index contributed by atoms with van der Waals surface area (Å²) in [4.78, 5) is 15.8. The van der Waals surface area contributed by atoms with E-state index in [0.29, 0.717) is 16.2 Å². The maximum atomic E-state index is 10.8. The van der Waals surface area contributed by atoms with Crippen LogP contribution in [0.1, 0.15) is 11.3 Å². The average Bonchev–Trinajstić information content (AvgIpc) is 3.29. The second-order valence-electron chi connectivity index (χ2n) is 6.06. The molecule has 144 valence electrons. The van der Waals surface area contributed by atoms with Gasteiger partial charge in [-0.25, -0.2) is 10.1 Å². The molecule has 0 bridgehead atoms. The zero-order chi connectivity index (χ0) is 20.4. The van der Waals surface area contributed by atoms with Crippen molar-refractivity contribution in [2.24, 2.45) is 5.10 Å². The lowest BCUT2D eigenvalue weighted by Crippen LogP contribution is -1.95. The molecule has 1 N–H and O–H groups in total. The van der Waals surface area contributed by atoms with E-state index in [0.717, 1.165) is 21.1 Å². The number of hydrogen-bond donors (Lipinski definition) is 1. The summed E-state index contributed by atoms with van der Waals surface area (Å²) in [6.07, 6.45) is 1.58. The monoisotopic (exact) mass is 422 g/mol. The summed E-state index contributed by atoms with van der Waals surface area (Å²) in [7, 11) is 0. The summed E-state index contributed by atoms with van der Waals surface area (Å²) >= 11 is 6.82. The molecule has 4 aromatic rings. The van der Waals surface area contributed by atoms with Crippen LogP contribution in [-0.4, -0.2) is 31.0 Å². The van der Waals surface area contributed by atoms with Crippen molar-refractivity contribution < 1.29 is 4.92 Å². The Morgan fingerprint density at radius 2 is 1.93 bits per heavy atom. The maximum Gasteiger partial charge on any atom is 0.269 e. The number of thiazole rings is 1. The van der Waals surface area contributed by atoms with Crippen LogP contribution < -0.4 is 0 Å². The number of H-pyrrole nitrogens is 1. The Morgan fingerprint density at radius 3 is 2.62 bits per heavy atom. The van der Waals surface area contributed by atoms with Crippen LogP contribution in [0.3, 0.4) is 0 Å². The van der Waals surface area contributed by atoms with Crippen molar-refractivity contribution >= 4 is 35.5 Å². The van der Waals surface area contributed by atoms with Crippen molar-refractivity contribution in [1.82, 2.24) is 19.9 Å². The van der Waals surface area contributed by atoms with Gasteiger partial charge in [-0.3, -0.25) is 10.1 Å². The molecule has 0 unspecified atom stereocenters. The van der Waals surface area contributed by atoms with Crippen molar-refractivity contribution in [1.29, 1.82) is 0 Å². The molecular weight excluding hydrogens is 408 g/mol. The minimum atomic E-state index is -0.442. The molecule has 4 rings (SSSR count). The third kappa shape index (κ3) is 3.89. The number of benzene rings is 2. The fraction of sp³-hybridized carbons (Fsp3) is 0.0526. The molecule has 2 heterocycles. The van der Waals surface area contributed by atoms with E-state index in [9.17, 15) is 10.1 Å². The molecule has 29 heavy (non-hydrogen) atoms. The number of nitrogens with zero attached hydrogens (tertiary/aromatic N) is 5. The number of nitro groups is 1. The number of aromatic amines is 1. The molecule has 0 amide bonds. The van der Waals surface area contributed by atoms with Gasteiger partial charge >= 0.3 is 0 Å². The van der Waals surface area contributed by atoms with E-state index in [1.54, 1.807) is 18.3 Å². The number of rotatable bonds is 5. The second kappa shape index (κ2) is 7.86. The highest BCUT2D eigenvalue weighted by Crippen LogP contribution is 2.34. The third-order valence-electron chi connectivity index (χ3n) is 4.10. The van der Waals surface area contributed by atoms with Gasteiger partial charge in [-0.1, -0.05) is 30.3 Å². The minimum Gasteiger partial charge on any atom is -0.258 e. The van der Waals surface area contributed by atoms with Gasteiger partial charge in [-0.05, 0) is 36.8 Å². The first-order valence-corrected chi connectivity index (χ1v) is 9.75. The number of nitrogens with one attached hydrogen (secondary N) is 1. The number of hydrogen-bond acceptors (Lipinski definition) is 7. The van der Waals surface area contributed by atoms with E-state index in [1.165, 1.54) is 28.1 Å². The summed E-state index contributed by atoms with van der Waals surface area (Å²) in [5.41, 5.74) is 2.59. The number of nitro benzene ring substituents is 1. The molecule has 2 aromatic carbocycles. The Hall–Kier alpha value is -3.50. The van der Waals surface area contributed by atoms with E-state index < -0.39 is 4.92 Å². The highest BCUT2D eigenvalue weighted by molar-refractivity contribution is 7.71. The molecule has 0 aliphatic heterocycles. The highest BCUT2D eigenvalue weighted by Gasteiger charge is 2.17. The van der Waals surface area contributed by atoms with Crippen LogP contribution in [0.2, 0.25) is 0 Å². The van der Waals surface area contributed by atoms with Crippen molar-refractivity contribution in [3.8, 4) is 21.3 Å². The van der Waals surface area contributed by atoms with Crippen molar-refractivity contribution in [2.45, 2.75) is 6.92 Å². The van der Waals surface area contributed by atoms with Crippen molar-refractivity contribution in [3.05, 3.63) is 80.7 Å².